The number of sulfonamides is 1. The molecule has 3 rings (SSSR count). The minimum Gasteiger partial charge on any atom is -0.494 e. The third kappa shape index (κ3) is 4.29. The quantitative estimate of drug-likeness (QED) is 0.728. The van der Waals surface area contributed by atoms with Crippen LogP contribution in [0, 0.1) is 6.92 Å². The van der Waals surface area contributed by atoms with Crippen molar-refractivity contribution < 1.29 is 13.2 Å². The first-order valence-electron chi connectivity index (χ1n) is 8.96. The summed E-state index contributed by atoms with van der Waals surface area (Å²) >= 11 is 6.31. The Morgan fingerprint density at radius 2 is 1.78 bits per heavy atom. The van der Waals surface area contributed by atoms with Gasteiger partial charge in [-0.25, -0.2) is 8.42 Å². The van der Waals surface area contributed by atoms with Gasteiger partial charge in [0, 0.05) is 45.3 Å². The van der Waals surface area contributed by atoms with Gasteiger partial charge in [-0.15, -0.1) is 0 Å². The van der Waals surface area contributed by atoms with Gasteiger partial charge >= 0.3 is 0 Å². The van der Waals surface area contributed by atoms with Crippen molar-refractivity contribution in [2.45, 2.75) is 25.3 Å². The number of piperazine rings is 1. The Bertz CT molecular complexity index is 888. The van der Waals surface area contributed by atoms with Crippen LogP contribution in [-0.2, 0) is 23.6 Å². The molecule has 1 saturated heterocycles. The summed E-state index contributed by atoms with van der Waals surface area (Å²) in [6.07, 6.45) is 0. The Morgan fingerprint density at radius 1 is 1.15 bits per heavy atom. The van der Waals surface area contributed by atoms with Crippen LogP contribution in [0.5, 0.6) is 5.75 Å². The van der Waals surface area contributed by atoms with Gasteiger partial charge in [0.15, 0.2) is 0 Å². The van der Waals surface area contributed by atoms with Crippen molar-refractivity contribution in [1.82, 2.24) is 19.0 Å². The molecule has 2 aromatic rings. The fourth-order valence-electron chi connectivity index (χ4n) is 3.23. The lowest BCUT2D eigenvalue weighted by molar-refractivity contribution is 0.181. The molecule has 7 nitrogen and oxygen atoms in total. The molecule has 0 radical (unpaired) electrons. The number of halogens is 1. The van der Waals surface area contributed by atoms with Crippen LogP contribution in [0.1, 0.15) is 18.2 Å². The SMILES string of the molecule is CCOc1ccc(S(=O)(=O)N2CCN(Cc3c(C)nn(C)c3Cl)CC2)cc1. The summed E-state index contributed by atoms with van der Waals surface area (Å²) in [5.41, 5.74) is 1.91. The second kappa shape index (κ2) is 8.18. The van der Waals surface area contributed by atoms with Crippen molar-refractivity contribution in [3.63, 3.8) is 0 Å². The molecule has 0 spiro atoms. The number of aromatic nitrogens is 2. The van der Waals surface area contributed by atoms with Crippen LogP contribution in [0.15, 0.2) is 29.2 Å². The lowest BCUT2D eigenvalue weighted by Gasteiger charge is -2.34. The Morgan fingerprint density at radius 3 is 2.30 bits per heavy atom. The minimum absolute atomic E-state index is 0.297. The normalized spacial score (nSPS) is 16.6. The van der Waals surface area contributed by atoms with Crippen LogP contribution in [0.2, 0.25) is 5.15 Å². The van der Waals surface area contributed by atoms with Crippen LogP contribution < -0.4 is 4.74 Å². The molecule has 1 fully saturated rings. The van der Waals surface area contributed by atoms with E-state index in [-0.39, 0.29) is 0 Å². The summed E-state index contributed by atoms with van der Waals surface area (Å²) in [5.74, 6) is 0.671. The summed E-state index contributed by atoms with van der Waals surface area (Å²) in [6, 6.07) is 6.59. The predicted molar refractivity (Wildman–Crippen MR) is 105 cm³/mol. The fourth-order valence-corrected chi connectivity index (χ4v) is 4.89. The standard InChI is InChI=1S/C18H25ClN4O3S/c1-4-26-15-5-7-16(8-6-15)27(24,25)23-11-9-22(10-12-23)13-17-14(2)20-21(3)18(17)19/h5-8H,4,9-13H2,1-3H3. The zero-order chi connectivity index (χ0) is 19.6. The number of hydrogen-bond donors (Lipinski definition) is 0. The summed E-state index contributed by atoms with van der Waals surface area (Å²) in [5, 5.41) is 4.97. The van der Waals surface area contributed by atoms with Crippen molar-refractivity contribution in [2.75, 3.05) is 32.8 Å². The van der Waals surface area contributed by atoms with Gasteiger partial charge in [0.2, 0.25) is 10.0 Å². The van der Waals surface area contributed by atoms with E-state index in [2.05, 4.69) is 10.00 Å². The largest absolute Gasteiger partial charge is 0.494 e. The average Bonchev–Trinajstić information content (AvgIpc) is 2.89. The second-order valence-corrected chi connectivity index (χ2v) is 8.86. The molecule has 1 aliphatic heterocycles. The van der Waals surface area contributed by atoms with Gasteiger partial charge in [-0.1, -0.05) is 11.6 Å². The number of rotatable bonds is 6. The molecule has 1 aliphatic rings. The third-order valence-corrected chi connectivity index (χ3v) is 7.14. The van der Waals surface area contributed by atoms with Crippen molar-refractivity contribution in [1.29, 1.82) is 0 Å². The molecule has 0 atom stereocenters. The van der Waals surface area contributed by atoms with Crippen LogP contribution >= 0.6 is 11.6 Å². The highest BCUT2D eigenvalue weighted by Crippen LogP contribution is 2.24. The number of benzene rings is 1. The van der Waals surface area contributed by atoms with Crippen molar-refractivity contribution >= 4 is 21.6 Å². The Labute approximate surface area is 165 Å². The molecular weight excluding hydrogens is 388 g/mol. The first kappa shape index (κ1) is 20.1. The monoisotopic (exact) mass is 412 g/mol. The zero-order valence-corrected chi connectivity index (χ0v) is 17.4. The maximum atomic E-state index is 12.9. The second-order valence-electron chi connectivity index (χ2n) is 6.56. The number of nitrogens with zero attached hydrogens (tertiary/aromatic N) is 4. The summed E-state index contributed by atoms with van der Waals surface area (Å²) < 4.78 is 34.3. The van der Waals surface area contributed by atoms with E-state index < -0.39 is 10.0 Å². The molecule has 9 heteroatoms. The molecular formula is C18H25ClN4O3S. The molecule has 2 heterocycles. The van der Waals surface area contributed by atoms with Gasteiger partial charge in [-0.2, -0.15) is 9.40 Å². The van der Waals surface area contributed by atoms with Gasteiger partial charge in [0.05, 0.1) is 17.2 Å². The average molecular weight is 413 g/mol. The van der Waals surface area contributed by atoms with Crippen LogP contribution in [0.25, 0.3) is 0 Å². The van der Waals surface area contributed by atoms with Gasteiger partial charge in [0.25, 0.3) is 0 Å². The Balaban J connectivity index is 1.64. The molecule has 0 amide bonds. The number of hydrogen-bond acceptors (Lipinski definition) is 5. The van der Waals surface area contributed by atoms with Gasteiger partial charge in [-0.05, 0) is 38.1 Å². The topological polar surface area (TPSA) is 67.7 Å². The van der Waals surface area contributed by atoms with Gasteiger partial charge in [0.1, 0.15) is 10.9 Å². The maximum Gasteiger partial charge on any atom is 0.243 e. The summed E-state index contributed by atoms with van der Waals surface area (Å²) in [6.45, 7) is 7.27. The number of ether oxygens (including phenoxy) is 1. The molecule has 1 aromatic heterocycles. The van der Waals surface area contributed by atoms with E-state index in [1.165, 1.54) is 4.31 Å². The minimum atomic E-state index is -3.49. The highest BCUT2D eigenvalue weighted by atomic mass is 35.5. The first-order chi connectivity index (χ1) is 12.8. The van der Waals surface area contributed by atoms with Crippen molar-refractivity contribution in [2.24, 2.45) is 7.05 Å². The fraction of sp³-hybridized carbons (Fsp3) is 0.500. The van der Waals surface area contributed by atoms with Crippen LogP contribution in [0.4, 0.5) is 0 Å². The molecule has 0 N–H and O–H groups in total. The lowest BCUT2D eigenvalue weighted by Crippen LogP contribution is -2.48. The molecule has 1 aromatic carbocycles. The van der Waals surface area contributed by atoms with Gasteiger partial charge < -0.3 is 4.74 Å². The Kier molecular flexibility index (Phi) is 6.10. The van der Waals surface area contributed by atoms with E-state index in [1.54, 1.807) is 28.9 Å². The maximum absolute atomic E-state index is 12.9. The van der Waals surface area contributed by atoms with Crippen molar-refractivity contribution in [3.8, 4) is 5.75 Å². The molecule has 0 bridgehead atoms. The summed E-state index contributed by atoms with van der Waals surface area (Å²) in [4.78, 5) is 2.51. The van der Waals surface area contributed by atoms with E-state index in [1.807, 2.05) is 20.9 Å². The van der Waals surface area contributed by atoms with Crippen molar-refractivity contribution in [3.05, 3.63) is 40.7 Å². The van der Waals surface area contributed by atoms with E-state index in [0.717, 1.165) is 11.3 Å². The molecule has 27 heavy (non-hydrogen) atoms. The van der Waals surface area contributed by atoms with Crippen LogP contribution in [0.3, 0.4) is 0 Å². The highest BCUT2D eigenvalue weighted by molar-refractivity contribution is 7.89. The van der Waals surface area contributed by atoms with Crippen LogP contribution in [-0.4, -0.2) is 60.2 Å². The van der Waals surface area contributed by atoms with E-state index in [0.29, 0.717) is 55.1 Å². The highest BCUT2D eigenvalue weighted by Gasteiger charge is 2.29. The van der Waals surface area contributed by atoms with E-state index >= 15 is 0 Å². The molecule has 0 aliphatic carbocycles. The molecule has 148 valence electrons. The summed E-state index contributed by atoms with van der Waals surface area (Å²) in [7, 11) is -1.67. The smallest absolute Gasteiger partial charge is 0.243 e. The Hall–Kier alpha value is -1.61. The predicted octanol–water partition coefficient (Wildman–Crippen LogP) is 2.29. The van der Waals surface area contributed by atoms with E-state index in [4.69, 9.17) is 16.3 Å². The lowest BCUT2D eigenvalue weighted by atomic mass is 10.2. The third-order valence-electron chi connectivity index (χ3n) is 4.76. The molecule has 0 unspecified atom stereocenters. The zero-order valence-electron chi connectivity index (χ0n) is 15.9. The number of aryl methyl sites for hydroxylation is 2. The van der Waals surface area contributed by atoms with Gasteiger partial charge in [-0.3, -0.25) is 9.58 Å². The molecule has 0 saturated carbocycles. The first-order valence-corrected chi connectivity index (χ1v) is 10.8. The van der Waals surface area contributed by atoms with E-state index in [9.17, 15) is 8.42 Å².